The molecule has 2 aliphatic rings. The number of carbonyl (C=O) groups excluding carboxylic acids is 1. The van der Waals surface area contributed by atoms with Crippen LogP contribution < -0.4 is 0 Å². The lowest BCUT2D eigenvalue weighted by Crippen LogP contribution is -2.54. The summed E-state index contributed by atoms with van der Waals surface area (Å²) in [4.78, 5) is 21.6. The van der Waals surface area contributed by atoms with Crippen LogP contribution >= 0.6 is 0 Å². The van der Waals surface area contributed by atoms with E-state index in [1.807, 2.05) is 18.3 Å². The summed E-state index contributed by atoms with van der Waals surface area (Å²) < 4.78 is 0. The lowest BCUT2D eigenvalue weighted by Gasteiger charge is -2.48. The van der Waals surface area contributed by atoms with Gasteiger partial charge in [-0.15, -0.1) is 0 Å². The Bertz CT molecular complexity index is 624. The van der Waals surface area contributed by atoms with Crippen LogP contribution in [0.3, 0.4) is 0 Å². The van der Waals surface area contributed by atoms with Crippen LogP contribution in [0.25, 0.3) is 0 Å². The van der Waals surface area contributed by atoms with Gasteiger partial charge in [0.25, 0.3) is 0 Å². The predicted octanol–water partition coefficient (Wildman–Crippen LogP) is 3.69. The van der Waals surface area contributed by atoms with E-state index < -0.39 is 0 Å². The van der Waals surface area contributed by atoms with Crippen LogP contribution in [0.1, 0.15) is 51.6 Å². The van der Waals surface area contributed by atoms with Crippen molar-refractivity contribution in [2.75, 3.05) is 32.7 Å². The van der Waals surface area contributed by atoms with Crippen LogP contribution in [-0.4, -0.2) is 53.4 Å². The van der Waals surface area contributed by atoms with E-state index in [2.05, 4.69) is 40.8 Å². The summed E-state index contributed by atoms with van der Waals surface area (Å²) in [5.74, 6) is 0.327. The monoisotopic (exact) mass is 355 g/mol. The third-order valence-corrected chi connectivity index (χ3v) is 5.85. The van der Waals surface area contributed by atoms with Crippen molar-refractivity contribution >= 4 is 5.91 Å². The number of amides is 1. The van der Waals surface area contributed by atoms with E-state index in [1.165, 1.54) is 25.0 Å². The summed E-state index contributed by atoms with van der Waals surface area (Å²) in [5, 5.41) is 0. The highest BCUT2D eigenvalue weighted by molar-refractivity contribution is 5.77. The van der Waals surface area contributed by atoms with Crippen LogP contribution in [-0.2, 0) is 11.2 Å². The average molecular weight is 356 g/mol. The molecule has 3 rings (SSSR count). The molecule has 1 aromatic rings. The minimum atomic E-state index is 0.307. The predicted molar refractivity (Wildman–Crippen MR) is 106 cm³/mol. The van der Waals surface area contributed by atoms with Crippen molar-refractivity contribution in [3.63, 3.8) is 0 Å². The van der Waals surface area contributed by atoms with Crippen molar-refractivity contribution in [1.29, 1.82) is 0 Å². The Morgan fingerprint density at radius 3 is 2.88 bits per heavy atom. The Kier molecular flexibility index (Phi) is 6.47. The number of hydrogen-bond donors (Lipinski definition) is 0. The SMILES string of the molecule is CC(C)=CCCN1CCCC2(CCC(=O)N(CCc3ccccn3)C2)C1. The van der Waals surface area contributed by atoms with Crippen LogP contribution in [0.5, 0.6) is 0 Å². The third kappa shape index (κ3) is 5.16. The smallest absolute Gasteiger partial charge is 0.222 e. The molecule has 0 saturated carbocycles. The standard InChI is InChI=1S/C22H33N3O/c1-19(2)7-5-14-24-15-6-11-22(17-24)12-9-21(26)25(18-22)16-10-20-8-3-4-13-23-20/h3-4,7-8,13H,5-6,9-12,14-18H2,1-2H3. The Labute approximate surface area is 158 Å². The molecule has 0 N–H and O–H groups in total. The van der Waals surface area contributed by atoms with E-state index in [0.717, 1.165) is 51.1 Å². The maximum Gasteiger partial charge on any atom is 0.222 e. The van der Waals surface area contributed by atoms with Crippen LogP contribution in [0.15, 0.2) is 36.0 Å². The molecule has 1 atom stereocenters. The zero-order chi connectivity index (χ0) is 18.4. The largest absolute Gasteiger partial charge is 0.342 e. The number of nitrogens with zero attached hydrogens (tertiary/aromatic N) is 3. The van der Waals surface area contributed by atoms with Crippen molar-refractivity contribution in [1.82, 2.24) is 14.8 Å². The number of piperidine rings is 2. The number of rotatable bonds is 6. The molecule has 1 spiro atoms. The van der Waals surface area contributed by atoms with Crippen LogP contribution in [0, 0.1) is 5.41 Å². The van der Waals surface area contributed by atoms with E-state index in [9.17, 15) is 4.79 Å². The first-order valence-electron chi connectivity index (χ1n) is 10.1. The lowest BCUT2D eigenvalue weighted by molar-refractivity contribution is -0.139. The van der Waals surface area contributed by atoms with Gasteiger partial charge in [-0.1, -0.05) is 17.7 Å². The van der Waals surface area contributed by atoms with Crippen molar-refractivity contribution < 1.29 is 4.79 Å². The Morgan fingerprint density at radius 1 is 1.23 bits per heavy atom. The Hall–Kier alpha value is -1.68. The highest BCUT2D eigenvalue weighted by atomic mass is 16.2. The summed E-state index contributed by atoms with van der Waals surface area (Å²) in [6.45, 7) is 9.58. The molecule has 26 heavy (non-hydrogen) atoms. The zero-order valence-electron chi connectivity index (χ0n) is 16.4. The molecule has 0 aromatic carbocycles. The third-order valence-electron chi connectivity index (χ3n) is 5.85. The first-order chi connectivity index (χ1) is 12.6. The zero-order valence-corrected chi connectivity index (χ0v) is 16.4. The highest BCUT2D eigenvalue weighted by Gasteiger charge is 2.41. The molecule has 142 valence electrons. The topological polar surface area (TPSA) is 36.4 Å². The van der Waals surface area contributed by atoms with E-state index >= 15 is 0 Å². The van der Waals surface area contributed by atoms with E-state index in [-0.39, 0.29) is 0 Å². The van der Waals surface area contributed by atoms with Crippen LogP contribution in [0.4, 0.5) is 0 Å². The molecule has 1 amide bonds. The normalized spacial score (nSPS) is 24.1. The number of pyridine rings is 1. The van der Waals surface area contributed by atoms with Gasteiger partial charge in [-0.3, -0.25) is 9.78 Å². The quantitative estimate of drug-likeness (QED) is 0.730. The summed E-state index contributed by atoms with van der Waals surface area (Å²) in [6.07, 6.45) is 10.5. The van der Waals surface area contributed by atoms with Gasteiger partial charge in [-0.2, -0.15) is 0 Å². The van der Waals surface area contributed by atoms with Gasteiger partial charge in [0.05, 0.1) is 0 Å². The number of likely N-dealkylation sites (tertiary alicyclic amines) is 2. The molecule has 3 heterocycles. The average Bonchev–Trinajstić information content (AvgIpc) is 2.64. The summed E-state index contributed by atoms with van der Waals surface area (Å²) in [6, 6.07) is 6.01. The van der Waals surface area contributed by atoms with Crippen molar-refractivity contribution in [3.8, 4) is 0 Å². The second-order valence-electron chi connectivity index (χ2n) is 8.34. The number of hydrogen-bond acceptors (Lipinski definition) is 3. The summed E-state index contributed by atoms with van der Waals surface area (Å²) in [7, 11) is 0. The molecule has 1 unspecified atom stereocenters. The fourth-order valence-corrected chi connectivity index (χ4v) is 4.47. The van der Waals surface area contributed by atoms with Crippen molar-refractivity contribution in [3.05, 3.63) is 41.7 Å². The first kappa shape index (κ1) is 19.1. The van der Waals surface area contributed by atoms with E-state index in [1.54, 1.807) is 0 Å². The number of allylic oxidation sites excluding steroid dienone is 1. The fraction of sp³-hybridized carbons (Fsp3) is 0.636. The maximum absolute atomic E-state index is 12.5. The Morgan fingerprint density at radius 2 is 2.12 bits per heavy atom. The highest BCUT2D eigenvalue weighted by Crippen LogP contribution is 2.38. The minimum absolute atomic E-state index is 0.307. The van der Waals surface area contributed by atoms with Gasteiger partial charge in [-0.05, 0) is 58.2 Å². The molecule has 2 fully saturated rings. The van der Waals surface area contributed by atoms with Crippen molar-refractivity contribution in [2.45, 2.75) is 52.4 Å². The maximum atomic E-state index is 12.5. The summed E-state index contributed by atoms with van der Waals surface area (Å²) in [5.41, 5.74) is 2.79. The first-order valence-corrected chi connectivity index (χ1v) is 10.1. The second kappa shape index (κ2) is 8.81. The molecule has 0 aliphatic carbocycles. The molecule has 0 radical (unpaired) electrons. The Balaban J connectivity index is 1.57. The number of aromatic nitrogens is 1. The van der Waals surface area contributed by atoms with Crippen LogP contribution in [0.2, 0.25) is 0 Å². The van der Waals surface area contributed by atoms with Gasteiger partial charge in [0.1, 0.15) is 0 Å². The molecule has 0 bridgehead atoms. The van der Waals surface area contributed by atoms with Gasteiger partial charge in [0, 0.05) is 56.3 Å². The van der Waals surface area contributed by atoms with Gasteiger partial charge >= 0.3 is 0 Å². The molecule has 4 nitrogen and oxygen atoms in total. The second-order valence-corrected chi connectivity index (χ2v) is 8.34. The molecule has 2 aliphatic heterocycles. The number of carbonyl (C=O) groups is 1. The molecule has 4 heteroatoms. The minimum Gasteiger partial charge on any atom is -0.342 e. The fourth-order valence-electron chi connectivity index (χ4n) is 4.47. The molecule has 2 saturated heterocycles. The van der Waals surface area contributed by atoms with Gasteiger partial charge < -0.3 is 9.80 Å². The van der Waals surface area contributed by atoms with Crippen molar-refractivity contribution in [2.24, 2.45) is 5.41 Å². The van der Waals surface area contributed by atoms with E-state index in [0.29, 0.717) is 17.7 Å². The molecule has 1 aromatic heterocycles. The molecular formula is C22H33N3O. The van der Waals surface area contributed by atoms with Gasteiger partial charge in [-0.25, -0.2) is 0 Å². The van der Waals surface area contributed by atoms with Gasteiger partial charge in [0.2, 0.25) is 5.91 Å². The molecular weight excluding hydrogens is 322 g/mol. The lowest BCUT2D eigenvalue weighted by atomic mass is 9.73. The summed E-state index contributed by atoms with van der Waals surface area (Å²) >= 11 is 0. The van der Waals surface area contributed by atoms with E-state index in [4.69, 9.17) is 0 Å². The van der Waals surface area contributed by atoms with Gasteiger partial charge in [0.15, 0.2) is 0 Å².